The Bertz CT molecular complexity index is 491. The van der Waals surface area contributed by atoms with Crippen LogP contribution in [0.4, 0.5) is 10.5 Å². The van der Waals surface area contributed by atoms with Crippen LogP contribution >= 0.6 is 0 Å². The molecule has 0 saturated carbocycles. The molecule has 0 aliphatic carbocycles. The molecule has 0 unspecified atom stereocenters. The Morgan fingerprint density at radius 1 is 1.37 bits per heavy atom. The van der Waals surface area contributed by atoms with Crippen molar-refractivity contribution >= 4 is 18.1 Å². The molecule has 0 radical (unpaired) electrons. The first kappa shape index (κ1) is 14.8. The summed E-state index contributed by atoms with van der Waals surface area (Å²) in [6.45, 7) is 5.20. The van der Waals surface area contributed by atoms with Crippen LogP contribution in [-0.4, -0.2) is 30.2 Å². The Hall–Kier alpha value is -2.24. The Kier molecular flexibility index (Phi) is 4.37. The van der Waals surface area contributed by atoms with Gasteiger partial charge in [0, 0.05) is 6.07 Å². The molecule has 1 aromatic rings. The number of carbonyl (C=O) groups is 2. The monoisotopic (exact) mass is 267 g/mol. The number of phenols is 1. The quantitative estimate of drug-likeness (QED) is 0.822. The summed E-state index contributed by atoms with van der Waals surface area (Å²) in [6, 6.07) is 2.56. The molecule has 0 bridgehead atoms. The predicted octanol–water partition coefficient (Wildman–Crippen LogP) is 2.56. The number of hydrogen-bond acceptors (Lipinski definition) is 5. The number of methoxy groups -OCH3 is 1. The first-order valence-electron chi connectivity index (χ1n) is 5.63. The summed E-state index contributed by atoms with van der Waals surface area (Å²) in [5, 5.41) is 12.0. The minimum Gasteiger partial charge on any atom is -0.507 e. The number of nitrogens with one attached hydrogen (secondary N) is 1. The van der Waals surface area contributed by atoms with Gasteiger partial charge < -0.3 is 14.6 Å². The number of aromatic hydroxyl groups is 1. The molecule has 6 nitrogen and oxygen atoms in total. The van der Waals surface area contributed by atoms with E-state index in [9.17, 15) is 14.7 Å². The van der Waals surface area contributed by atoms with Crippen molar-refractivity contribution in [2.45, 2.75) is 26.4 Å². The number of benzene rings is 1. The van der Waals surface area contributed by atoms with Crippen molar-refractivity contribution in [1.29, 1.82) is 0 Å². The zero-order chi connectivity index (χ0) is 14.6. The number of ether oxygens (including phenoxy) is 2. The number of amides is 1. The lowest BCUT2D eigenvalue weighted by molar-refractivity contribution is 0.0635. The Balaban J connectivity index is 2.98. The molecule has 0 aliphatic heterocycles. The smallest absolute Gasteiger partial charge is 0.412 e. The standard InChI is InChI=1S/C13H17NO5/c1-13(2,3)19-12(17)14-9-6-10(16)8(7-15)5-11(9)18-4/h5-7,16H,1-4H3,(H,14,17). The summed E-state index contributed by atoms with van der Waals surface area (Å²) in [4.78, 5) is 22.3. The molecule has 0 aromatic heterocycles. The van der Waals surface area contributed by atoms with Crippen LogP contribution in [0.25, 0.3) is 0 Å². The van der Waals surface area contributed by atoms with E-state index in [2.05, 4.69) is 5.32 Å². The van der Waals surface area contributed by atoms with E-state index in [1.165, 1.54) is 19.2 Å². The highest BCUT2D eigenvalue weighted by atomic mass is 16.6. The lowest BCUT2D eigenvalue weighted by Gasteiger charge is -2.20. The van der Waals surface area contributed by atoms with Crippen LogP contribution in [0.2, 0.25) is 0 Å². The Morgan fingerprint density at radius 2 is 2.00 bits per heavy atom. The first-order chi connectivity index (χ1) is 8.76. The Morgan fingerprint density at radius 3 is 2.47 bits per heavy atom. The van der Waals surface area contributed by atoms with Crippen LogP contribution in [0, 0.1) is 0 Å². The van der Waals surface area contributed by atoms with Gasteiger partial charge in [0.25, 0.3) is 0 Å². The Labute approximate surface area is 111 Å². The molecule has 0 saturated heterocycles. The highest BCUT2D eigenvalue weighted by molar-refractivity contribution is 5.90. The second kappa shape index (κ2) is 5.60. The summed E-state index contributed by atoms with van der Waals surface area (Å²) in [6.07, 6.45) is -0.182. The summed E-state index contributed by atoms with van der Waals surface area (Å²) in [5.74, 6) is 0.00705. The van der Waals surface area contributed by atoms with Gasteiger partial charge in [-0.2, -0.15) is 0 Å². The fraction of sp³-hybridized carbons (Fsp3) is 0.385. The van der Waals surface area contributed by atoms with Crippen molar-refractivity contribution in [3.63, 3.8) is 0 Å². The lowest BCUT2D eigenvalue weighted by Crippen LogP contribution is -2.27. The van der Waals surface area contributed by atoms with Gasteiger partial charge in [-0.3, -0.25) is 10.1 Å². The van der Waals surface area contributed by atoms with Crippen molar-refractivity contribution in [3.8, 4) is 11.5 Å². The molecule has 1 rings (SSSR count). The zero-order valence-corrected chi connectivity index (χ0v) is 11.3. The van der Waals surface area contributed by atoms with E-state index >= 15 is 0 Å². The molecule has 0 fully saturated rings. The fourth-order valence-electron chi connectivity index (χ4n) is 1.36. The largest absolute Gasteiger partial charge is 0.507 e. The number of carbonyl (C=O) groups excluding carboxylic acids is 2. The average molecular weight is 267 g/mol. The molecule has 0 atom stereocenters. The molecule has 1 amide bonds. The van der Waals surface area contributed by atoms with Gasteiger partial charge in [-0.15, -0.1) is 0 Å². The number of hydrogen-bond donors (Lipinski definition) is 2. The van der Waals surface area contributed by atoms with E-state index in [1.807, 2.05) is 0 Å². The normalized spacial score (nSPS) is 10.7. The molecular formula is C13H17NO5. The van der Waals surface area contributed by atoms with Gasteiger partial charge >= 0.3 is 6.09 Å². The van der Waals surface area contributed by atoms with Crippen LogP contribution in [0.1, 0.15) is 31.1 Å². The third-order valence-corrected chi connectivity index (χ3v) is 2.11. The third kappa shape index (κ3) is 4.17. The number of anilines is 1. The highest BCUT2D eigenvalue weighted by Gasteiger charge is 2.18. The summed E-state index contributed by atoms with van der Waals surface area (Å²) in [5.41, 5.74) is -0.339. The van der Waals surface area contributed by atoms with Gasteiger partial charge in [0.1, 0.15) is 17.1 Å². The summed E-state index contributed by atoms with van der Waals surface area (Å²) < 4.78 is 10.1. The third-order valence-electron chi connectivity index (χ3n) is 2.11. The maximum absolute atomic E-state index is 11.6. The van der Waals surface area contributed by atoms with E-state index in [1.54, 1.807) is 20.8 Å². The minimum atomic E-state index is -0.677. The van der Waals surface area contributed by atoms with Gasteiger partial charge in [-0.25, -0.2) is 4.79 Å². The first-order valence-corrected chi connectivity index (χ1v) is 5.63. The van der Waals surface area contributed by atoms with E-state index in [0.29, 0.717) is 6.29 Å². The van der Waals surface area contributed by atoms with Gasteiger partial charge in [0.05, 0.1) is 18.4 Å². The fourth-order valence-corrected chi connectivity index (χ4v) is 1.36. The highest BCUT2D eigenvalue weighted by Crippen LogP contribution is 2.31. The van der Waals surface area contributed by atoms with Gasteiger partial charge in [0.15, 0.2) is 6.29 Å². The molecule has 2 N–H and O–H groups in total. The van der Waals surface area contributed by atoms with Gasteiger partial charge in [-0.1, -0.05) is 0 Å². The molecule has 0 aliphatic rings. The minimum absolute atomic E-state index is 0.0755. The number of rotatable bonds is 3. The molecule has 0 heterocycles. The second-order valence-electron chi connectivity index (χ2n) is 4.86. The number of aldehydes is 1. The maximum Gasteiger partial charge on any atom is 0.412 e. The van der Waals surface area contributed by atoms with Crippen molar-refractivity contribution in [1.82, 2.24) is 0 Å². The van der Waals surface area contributed by atoms with E-state index in [0.717, 1.165) is 0 Å². The molecular weight excluding hydrogens is 250 g/mol. The molecule has 0 spiro atoms. The zero-order valence-electron chi connectivity index (χ0n) is 11.3. The van der Waals surface area contributed by atoms with E-state index in [-0.39, 0.29) is 22.7 Å². The van der Waals surface area contributed by atoms with Crippen molar-refractivity contribution in [3.05, 3.63) is 17.7 Å². The average Bonchev–Trinajstić information content (AvgIpc) is 2.26. The maximum atomic E-state index is 11.6. The summed E-state index contributed by atoms with van der Waals surface area (Å²) >= 11 is 0. The molecule has 1 aromatic carbocycles. The predicted molar refractivity (Wildman–Crippen MR) is 69.9 cm³/mol. The SMILES string of the molecule is COc1cc(C=O)c(O)cc1NC(=O)OC(C)(C)C. The van der Waals surface area contributed by atoms with Crippen molar-refractivity contribution in [2.75, 3.05) is 12.4 Å². The van der Waals surface area contributed by atoms with E-state index < -0.39 is 11.7 Å². The van der Waals surface area contributed by atoms with Gasteiger partial charge in [-0.05, 0) is 26.8 Å². The summed E-state index contributed by atoms with van der Waals surface area (Å²) in [7, 11) is 1.39. The molecule has 104 valence electrons. The van der Waals surface area contributed by atoms with Crippen LogP contribution < -0.4 is 10.1 Å². The van der Waals surface area contributed by atoms with Crippen LogP contribution in [0.3, 0.4) is 0 Å². The van der Waals surface area contributed by atoms with Crippen molar-refractivity contribution < 1.29 is 24.2 Å². The topological polar surface area (TPSA) is 84.9 Å². The van der Waals surface area contributed by atoms with Crippen LogP contribution in [-0.2, 0) is 4.74 Å². The second-order valence-corrected chi connectivity index (χ2v) is 4.86. The van der Waals surface area contributed by atoms with E-state index in [4.69, 9.17) is 9.47 Å². The van der Waals surface area contributed by atoms with Crippen LogP contribution in [0.15, 0.2) is 12.1 Å². The molecule has 19 heavy (non-hydrogen) atoms. The van der Waals surface area contributed by atoms with Crippen molar-refractivity contribution in [2.24, 2.45) is 0 Å². The molecule has 6 heteroatoms. The lowest BCUT2D eigenvalue weighted by atomic mass is 10.2. The number of phenolic OH excluding ortho intramolecular Hbond substituents is 1. The van der Waals surface area contributed by atoms with Crippen LogP contribution in [0.5, 0.6) is 11.5 Å². The van der Waals surface area contributed by atoms with Gasteiger partial charge in [0.2, 0.25) is 0 Å².